The first kappa shape index (κ1) is 15.5. The molecular formula is C16H19BrN2O3. The van der Waals surface area contributed by atoms with E-state index in [-0.39, 0.29) is 5.97 Å². The number of aromatic nitrogens is 1. The van der Waals surface area contributed by atoms with Crippen molar-refractivity contribution >= 4 is 32.8 Å². The third-order valence-corrected chi connectivity index (χ3v) is 4.65. The molecule has 2 heterocycles. The Labute approximate surface area is 137 Å². The van der Waals surface area contributed by atoms with Crippen LogP contribution in [0.2, 0.25) is 0 Å². The molecule has 0 unspecified atom stereocenters. The lowest BCUT2D eigenvalue weighted by Gasteiger charge is -2.26. The maximum atomic E-state index is 11.6. The molecule has 0 saturated carbocycles. The average Bonchev–Trinajstić information content (AvgIpc) is 2.89. The van der Waals surface area contributed by atoms with Crippen LogP contribution in [0.5, 0.6) is 0 Å². The lowest BCUT2D eigenvalue weighted by Crippen LogP contribution is -2.38. The molecular weight excluding hydrogens is 348 g/mol. The van der Waals surface area contributed by atoms with E-state index in [0.717, 1.165) is 54.8 Å². The van der Waals surface area contributed by atoms with E-state index in [0.29, 0.717) is 5.56 Å². The van der Waals surface area contributed by atoms with Gasteiger partial charge in [-0.3, -0.25) is 4.90 Å². The normalized spacial score (nSPS) is 16.1. The van der Waals surface area contributed by atoms with Gasteiger partial charge in [0.2, 0.25) is 0 Å². The Hall–Kier alpha value is -1.37. The number of halogens is 1. The minimum Gasteiger partial charge on any atom is -0.465 e. The number of carbonyl (C=O) groups is 1. The average molecular weight is 367 g/mol. The molecule has 0 spiro atoms. The number of hydrogen-bond acceptors (Lipinski definition) is 4. The maximum Gasteiger partial charge on any atom is 0.337 e. The number of hydrogen-bond donors (Lipinski definition) is 0. The van der Waals surface area contributed by atoms with Gasteiger partial charge in [-0.1, -0.05) is 0 Å². The number of fused-ring (bicyclic) bond motifs is 1. The summed E-state index contributed by atoms with van der Waals surface area (Å²) >= 11 is 3.58. The largest absolute Gasteiger partial charge is 0.465 e. The number of benzene rings is 1. The number of esters is 1. The van der Waals surface area contributed by atoms with E-state index in [1.165, 1.54) is 7.11 Å². The Morgan fingerprint density at radius 3 is 2.82 bits per heavy atom. The second-order valence-corrected chi connectivity index (χ2v) is 6.20. The molecule has 5 nitrogen and oxygen atoms in total. The summed E-state index contributed by atoms with van der Waals surface area (Å²) in [5, 5.41) is 1.03. The van der Waals surface area contributed by atoms with Gasteiger partial charge in [0.25, 0.3) is 0 Å². The lowest BCUT2D eigenvalue weighted by atomic mass is 10.1. The second kappa shape index (κ2) is 6.81. The number of ether oxygens (including phenoxy) is 2. The van der Waals surface area contributed by atoms with Crippen molar-refractivity contribution in [2.45, 2.75) is 6.54 Å². The van der Waals surface area contributed by atoms with Crippen molar-refractivity contribution in [1.29, 1.82) is 0 Å². The highest BCUT2D eigenvalue weighted by molar-refractivity contribution is 9.10. The van der Waals surface area contributed by atoms with Gasteiger partial charge >= 0.3 is 5.97 Å². The highest BCUT2D eigenvalue weighted by Crippen LogP contribution is 2.27. The maximum absolute atomic E-state index is 11.6. The number of morpholine rings is 1. The molecule has 0 amide bonds. The third kappa shape index (κ3) is 3.19. The summed E-state index contributed by atoms with van der Waals surface area (Å²) in [7, 11) is 1.40. The molecule has 0 atom stereocenters. The van der Waals surface area contributed by atoms with Gasteiger partial charge in [-0.25, -0.2) is 4.79 Å². The monoisotopic (exact) mass is 366 g/mol. The van der Waals surface area contributed by atoms with Gasteiger partial charge < -0.3 is 14.0 Å². The molecule has 0 bridgehead atoms. The van der Waals surface area contributed by atoms with Crippen LogP contribution in [0, 0.1) is 0 Å². The van der Waals surface area contributed by atoms with E-state index >= 15 is 0 Å². The van der Waals surface area contributed by atoms with Crippen LogP contribution in [-0.4, -0.2) is 55.4 Å². The van der Waals surface area contributed by atoms with Crippen molar-refractivity contribution in [3.63, 3.8) is 0 Å². The summed E-state index contributed by atoms with van der Waals surface area (Å²) in [6.07, 6.45) is 2.08. The summed E-state index contributed by atoms with van der Waals surface area (Å²) < 4.78 is 13.4. The smallest absolute Gasteiger partial charge is 0.337 e. The molecule has 0 N–H and O–H groups in total. The van der Waals surface area contributed by atoms with E-state index in [2.05, 4.69) is 31.6 Å². The Balaban J connectivity index is 1.80. The first-order valence-corrected chi connectivity index (χ1v) is 8.15. The van der Waals surface area contributed by atoms with Crippen molar-refractivity contribution < 1.29 is 14.3 Å². The van der Waals surface area contributed by atoms with Gasteiger partial charge in [0, 0.05) is 47.8 Å². The number of nitrogens with zero attached hydrogens (tertiary/aromatic N) is 2. The van der Waals surface area contributed by atoms with Crippen molar-refractivity contribution in [3.05, 3.63) is 34.4 Å². The first-order valence-electron chi connectivity index (χ1n) is 7.36. The highest BCUT2D eigenvalue weighted by atomic mass is 79.9. The zero-order chi connectivity index (χ0) is 15.5. The molecule has 22 heavy (non-hydrogen) atoms. The van der Waals surface area contributed by atoms with Crippen LogP contribution >= 0.6 is 15.9 Å². The van der Waals surface area contributed by atoms with Crippen molar-refractivity contribution in [3.8, 4) is 0 Å². The van der Waals surface area contributed by atoms with Crippen molar-refractivity contribution in [2.75, 3.05) is 40.0 Å². The molecule has 118 valence electrons. The lowest BCUT2D eigenvalue weighted by molar-refractivity contribution is 0.0365. The third-order valence-electron chi connectivity index (χ3n) is 4.01. The van der Waals surface area contributed by atoms with Crippen LogP contribution in [0.15, 0.2) is 28.9 Å². The van der Waals surface area contributed by atoms with Crippen molar-refractivity contribution in [1.82, 2.24) is 9.47 Å². The molecule has 6 heteroatoms. The fraction of sp³-hybridized carbons (Fsp3) is 0.438. The van der Waals surface area contributed by atoms with Crippen LogP contribution in [0.1, 0.15) is 10.4 Å². The van der Waals surface area contributed by atoms with Gasteiger partial charge in [-0.15, -0.1) is 0 Å². The van der Waals surface area contributed by atoms with Gasteiger partial charge in [0.05, 0.1) is 25.9 Å². The second-order valence-electron chi connectivity index (χ2n) is 5.35. The Bertz CT molecular complexity index is 677. The fourth-order valence-corrected chi connectivity index (χ4v) is 3.32. The summed E-state index contributed by atoms with van der Waals surface area (Å²) in [6, 6.07) is 5.66. The zero-order valence-electron chi connectivity index (χ0n) is 12.5. The van der Waals surface area contributed by atoms with E-state index < -0.39 is 0 Å². The van der Waals surface area contributed by atoms with Gasteiger partial charge in [0.1, 0.15) is 0 Å². The van der Waals surface area contributed by atoms with E-state index in [1.807, 2.05) is 18.2 Å². The molecule has 3 rings (SSSR count). The minimum atomic E-state index is -0.310. The molecule has 1 saturated heterocycles. The van der Waals surface area contributed by atoms with E-state index in [1.54, 1.807) is 0 Å². The van der Waals surface area contributed by atoms with Crippen LogP contribution in [0.25, 0.3) is 10.9 Å². The summed E-state index contributed by atoms with van der Waals surface area (Å²) in [5.74, 6) is -0.310. The standard InChI is InChI=1S/C16H19BrN2O3/c1-21-16(20)12-2-3-15-13(10-12)14(17)11-19(15)5-4-18-6-8-22-9-7-18/h2-3,10-11H,4-9H2,1H3. The van der Waals surface area contributed by atoms with Crippen LogP contribution in [-0.2, 0) is 16.0 Å². The Morgan fingerprint density at radius 1 is 1.32 bits per heavy atom. The quantitative estimate of drug-likeness (QED) is 0.779. The fourth-order valence-electron chi connectivity index (χ4n) is 2.76. The molecule has 1 aromatic carbocycles. The van der Waals surface area contributed by atoms with Crippen LogP contribution < -0.4 is 0 Å². The first-order chi connectivity index (χ1) is 10.7. The Morgan fingerprint density at radius 2 is 2.09 bits per heavy atom. The molecule has 2 aromatic rings. The molecule has 0 aliphatic carbocycles. The minimum absolute atomic E-state index is 0.310. The number of methoxy groups -OCH3 is 1. The summed E-state index contributed by atoms with van der Waals surface area (Å²) in [5.41, 5.74) is 1.69. The van der Waals surface area contributed by atoms with Gasteiger partial charge in [-0.2, -0.15) is 0 Å². The molecule has 0 radical (unpaired) electrons. The Kier molecular flexibility index (Phi) is 4.81. The van der Waals surface area contributed by atoms with Crippen LogP contribution in [0.3, 0.4) is 0 Å². The number of rotatable bonds is 4. The SMILES string of the molecule is COC(=O)c1ccc2c(c1)c(Br)cn2CCN1CCOCC1. The van der Waals surface area contributed by atoms with Crippen molar-refractivity contribution in [2.24, 2.45) is 0 Å². The van der Waals surface area contributed by atoms with E-state index in [4.69, 9.17) is 9.47 Å². The van der Waals surface area contributed by atoms with E-state index in [9.17, 15) is 4.79 Å². The van der Waals surface area contributed by atoms with Gasteiger partial charge in [0.15, 0.2) is 0 Å². The molecule has 1 aromatic heterocycles. The molecule has 1 fully saturated rings. The zero-order valence-corrected chi connectivity index (χ0v) is 14.1. The molecule has 1 aliphatic heterocycles. The molecule has 1 aliphatic rings. The van der Waals surface area contributed by atoms with Gasteiger partial charge in [-0.05, 0) is 34.1 Å². The predicted octanol–water partition coefficient (Wildman–Crippen LogP) is 2.52. The highest BCUT2D eigenvalue weighted by Gasteiger charge is 2.13. The number of carbonyl (C=O) groups excluding carboxylic acids is 1. The predicted molar refractivity (Wildman–Crippen MR) is 88.2 cm³/mol. The topological polar surface area (TPSA) is 43.7 Å². The summed E-state index contributed by atoms with van der Waals surface area (Å²) in [4.78, 5) is 14.1. The summed E-state index contributed by atoms with van der Waals surface area (Å²) in [6.45, 7) is 5.54. The van der Waals surface area contributed by atoms with Crippen LogP contribution in [0.4, 0.5) is 0 Å².